The molecule has 0 bridgehead atoms. The Bertz CT molecular complexity index is 1330. The number of carbonyl (C=O) groups is 5. The Hall–Kier alpha value is -5.00. The highest BCUT2D eigenvalue weighted by Crippen LogP contribution is 2.16. The number of esters is 2. The first-order valence-electron chi connectivity index (χ1n) is 14.2. The zero-order chi connectivity index (χ0) is 32.5. The number of aliphatic imine (C=N–C) groups is 1. The molecular weight excluding hydrogens is 568 g/mol. The van der Waals surface area contributed by atoms with Gasteiger partial charge in [-0.25, -0.2) is 9.59 Å². The molecule has 0 spiro atoms. The van der Waals surface area contributed by atoms with E-state index in [0.717, 1.165) is 11.8 Å². The van der Waals surface area contributed by atoms with E-state index in [0.29, 0.717) is 12.0 Å². The quantitative estimate of drug-likeness (QED) is 0.0971. The highest BCUT2D eigenvalue weighted by molar-refractivity contribution is 6.15. The molecule has 12 nitrogen and oxygen atoms in total. The van der Waals surface area contributed by atoms with E-state index in [2.05, 4.69) is 20.9 Å². The molecule has 44 heavy (non-hydrogen) atoms. The minimum atomic E-state index is -1.04. The number of hydrogen-bond acceptors (Lipinski definition) is 9. The number of nitrogens with zero attached hydrogens (tertiary/aromatic N) is 1. The van der Waals surface area contributed by atoms with Crippen molar-refractivity contribution >= 4 is 41.6 Å². The van der Waals surface area contributed by atoms with Gasteiger partial charge in [-0.1, -0.05) is 74.5 Å². The Balaban J connectivity index is 2.06. The van der Waals surface area contributed by atoms with Gasteiger partial charge in [0.2, 0.25) is 17.7 Å². The molecule has 0 fully saturated rings. The molecule has 0 aliphatic heterocycles. The van der Waals surface area contributed by atoms with Crippen LogP contribution in [0.4, 0.5) is 0 Å². The van der Waals surface area contributed by atoms with Crippen LogP contribution in [0.1, 0.15) is 38.3 Å². The number of amides is 3. The van der Waals surface area contributed by atoms with Gasteiger partial charge in [-0.3, -0.25) is 19.4 Å². The van der Waals surface area contributed by atoms with E-state index in [4.69, 9.17) is 9.47 Å². The van der Waals surface area contributed by atoms with Crippen molar-refractivity contribution in [1.82, 2.24) is 16.0 Å². The largest absolute Gasteiger partial charge is 0.506 e. The van der Waals surface area contributed by atoms with Crippen LogP contribution in [-0.2, 0) is 39.9 Å². The van der Waals surface area contributed by atoms with Gasteiger partial charge in [-0.05, 0) is 24.8 Å². The summed E-state index contributed by atoms with van der Waals surface area (Å²) in [6, 6.07) is 15.4. The van der Waals surface area contributed by atoms with Crippen molar-refractivity contribution in [2.45, 2.75) is 45.7 Å². The maximum atomic E-state index is 13.2. The topological polar surface area (TPSA) is 172 Å². The first kappa shape index (κ1) is 35.2. The lowest BCUT2D eigenvalue weighted by molar-refractivity contribution is -0.146. The molecule has 2 aromatic rings. The van der Waals surface area contributed by atoms with Crippen LogP contribution in [0.15, 0.2) is 71.2 Å². The van der Waals surface area contributed by atoms with E-state index in [1.807, 2.05) is 19.9 Å². The van der Waals surface area contributed by atoms with Crippen LogP contribution >= 0.6 is 0 Å². The van der Waals surface area contributed by atoms with Gasteiger partial charge >= 0.3 is 11.9 Å². The first-order valence-corrected chi connectivity index (χ1v) is 14.2. The normalized spacial score (nSPS) is 12.9. The molecule has 236 valence electrons. The number of hydrogen-bond donors (Lipinski definition) is 4. The van der Waals surface area contributed by atoms with Crippen LogP contribution in [0.2, 0.25) is 0 Å². The minimum absolute atomic E-state index is 0.0677. The summed E-state index contributed by atoms with van der Waals surface area (Å²) < 4.78 is 9.81. The third-order valence-corrected chi connectivity index (χ3v) is 6.14. The van der Waals surface area contributed by atoms with Gasteiger partial charge in [-0.15, -0.1) is 0 Å². The van der Waals surface area contributed by atoms with Crippen molar-refractivity contribution in [1.29, 1.82) is 0 Å². The van der Waals surface area contributed by atoms with Crippen LogP contribution in [0, 0.1) is 5.92 Å². The van der Waals surface area contributed by atoms with E-state index in [9.17, 15) is 29.1 Å². The number of aliphatic hydroxyl groups is 1. The molecule has 0 aliphatic carbocycles. The second kappa shape index (κ2) is 18.5. The molecular formula is C32H40N4O8. The molecule has 0 heterocycles. The predicted molar refractivity (Wildman–Crippen MR) is 164 cm³/mol. The number of benzene rings is 2. The molecule has 3 amide bonds. The standard InChI is InChI=1S/C32H40N4O8/c1-5-44-31(41)24(29(39)23-14-10-7-11-15-23)18-33-19-27(37)34-20-28(38)35-25(17-22-12-8-6-9-13-22)30(40)36-26(16-21(2)3)32(42)43-4/h6-15,18,21,25-26,39H,5,16-17,19-20H2,1-4H3,(H,34,37)(H,35,38)(H,36,40)/b29-24+,33-18?/t25-,26-/m0/s1. The lowest BCUT2D eigenvalue weighted by Gasteiger charge is -2.23. The summed E-state index contributed by atoms with van der Waals surface area (Å²) in [5.41, 5.74) is 0.898. The van der Waals surface area contributed by atoms with E-state index >= 15 is 0 Å². The highest BCUT2D eigenvalue weighted by Gasteiger charge is 2.28. The van der Waals surface area contributed by atoms with Gasteiger partial charge in [0.05, 0.1) is 20.3 Å². The van der Waals surface area contributed by atoms with Crippen molar-refractivity contribution in [3.05, 3.63) is 77.4 Å². The third-order valence-electron chi connectivity index (χ3n) is 6.14. The summed E-state index contributed by atoms with van der Waals surface area (Å²) in [4.78, 5) is 66.9. The van der Waals surface area contributed by atoms with Crippen LogP contribution in [0.25, 0.3) is 5.76 Å². The van der Waals surface area contributed by atoms with Crippen molar-refractivity contribution in [2.24, 2.45) is 10.9 Å². The summed E-state index contributed by atoms with van der Waals surface area (Å²) in [6.07, 6.45) is 1.52. The molecule has 2 rings (SSSR count). The number of methoxy groups -OCH3 is 1. The molecule has 0 unspecified atom stereocenters. The minimum Gasteiger partial charge on any atom is -0.506 e. The Labute approximate surface area is 256 Å². The second-order valence-electron chi connectivity index (χ2n) is 10.1. The predicted octanol–water partition coefficient (Wildman–Crippen LogP) is 2.14. The van der Waals surface area contributed by atoms with Crippen LogP contribution < -0.4 is 16.0 Å². The number of aliphatic hydroxyl groups excluding tert-OH is 1. The Morgan fingerprint density at radius 3 is 2.14 bits per heavy atom. The van der Waals surface area contributed by atoms with Crippen LogP contribution in [-0.4, -0.2) is 79.9 Å². The van der Waals surface area contributed by atoms with Gasteiger partial charge in [0, 0.05) is 18.2 Å². The third kappa shape index (κ3) is 12.1. The fraction of sp³-hybridized carbons (Fsp3) is 0.375. The number of rotatable bonds is 16. The monoisotopic (exact) mass is 608 g/mol. The summed E-state index contributed by atoms with van der Waals surface area (Å²) in [5, 5.41) is 18.3. The molecule has 2 atom stereocenters. The van der Waals surface area contributed by atoms with Crippen LogP contribution in [0.5, 0.6) is 0 Å². The first-order chi connectivity index (χ1) is 21.0. The zero-order valence-electron chi connectivity index (χ0n) is 25.4. The average molecular weight is 609 g/mol. The number of carbonyl (C=O) groups excluding carboxylic acids is 5. The lowest BCUT2D eigenvalue weighted by Crippen LogP contribution is -2.54. The average Bonchev–Trinajstić information content (AvgIpc) is 3.01. The van der Waals surface area contributed by atoms with Gasteiger partial charge in [0.15, 0.2) is 0 Å². The van der Waals surface area contributed by atoms with Gasteiger partial charge in [0.1, 0.15) is 30.0 Å². The maximum absolute atomic E-state index is 13.2. The summed E-state index contributed by atoms with van der Waals surface area (Å²) in [5.74, 6) is -3.56. The molecule has 12 heteroatoms. The number of nitrogens with one attached hydrogen (secondary N) is 3. The molecule has 0 saturated carbocycles. The number of ether oxygens (including phenoxy) is 2. The van der Waals surface area contributed by atoms with E-state index in [1.165, 1.54) is 7.11 Å². The van der Waals surface area contributed by atoms with Crippen molar-refractivity contribution in [3.8, 4) is 0 Å². The van der Waals surface area contributed by atoms with Gasteiger partial charge < -0.3 is 30.5 Å². The lowest BCUT2D eigenvalue weighted by atomic mass is 10.0. The van der Waals surface area contributed by atoms with E-state index in [-0.39, 0.29) is 30.3 Å². The van der Waals surface area contributed by atoms with Crippen molar-refractivity contribution in [2.75, 3.05) is 26.8 Å². The second-order valence-corrected chi connectivity index (χ2v) is 10.1. The molecule has 0 radical (unpaired) electrons. The van der Waals surface area contributed by atoms with Crippen molar-refractivity contribution in [3.63, 3.8) is 0 Å². The van der Waals surface area contributed by atoms with Gasteiger partial charge in [0.25, 0.3) is 0 Å². The van der Waals surface area contributed by atoms with E-state index < -0.39 is 54.8 Å². The summed E-state index contributed by atoms with van der Waals surface area (Å²) >= 11 is 0. The highest BCUT2D eigenvalue weighted by atomic mass is 16.5. The molecule has 0 aliphatic rings. The molecule has 4 N–H and O–H groups in total. The molecule has 0 saturated heterocycles. The Kier molecular flexibility index (Phi) is 14.8. The maximum Gasteiger partial charge on any atom is 0.343 e. The molecule has 0 aromatic heterocycles. The Morgan fingerprint density at radius 2 is 1.55 bits per heavy atom. The smallest absolute Gasteiger partial charge is 0.343 e. The fourth-order valence-electron chi connectivity index (χ4n) is 4.03. The van der Waals surface area contributed by atoms with Gasteiger partial charge in [-0.2, -0.15) is 0 Å². The SMILES string of the molecule is CCOC(=O)/C(C=NCC(=O)NCC(=O)N[C@@H](Cc1ccccc1)C(=O)N[C@@H](CC(C)C)C(=O)OC)=C(/O)c1ccccc1. The fourth-order valence-corrected chi connectivity index (χ4v) is 4.03. The van der Waals surface area contributed by atoms with Crippen LogP contribution in [0.3, 0.4) is 0 Å². The summed E-state index contributed by atoms with van der Waals surface area (Å²) in [7, 11) is 1.23. The molecule has 2 aromatic carbocycles. The van der Waals surface area contributed by atoms with E-state index in [1.54, 1.807) is 61.5 Å². The Morgan fingerprint density at radius 1 is 0.909 bits per heavy atom. The zero-order valence-corrected chi connectivity index (χ0v) is 25.4. The van der Waals surface area contributed by atoms with Crippen molar-refractivity contribution < 1.29 is 38.6 Å². The summed E-state index contributed by atoms with van der Waals surface area (Å²) in [6.45, 7) is 4.56.